The molecule has 5 heteroatoms. The van der Waals surface area contributed by atoms with Crippen LogP contribution in [0.4, 0.5) is 11.5 Å². The van der Waals surface area contributed by atoms with Crippen molar-refractivity contribution in [2.75, 3.05) is 17.2 Å². The van der Waals surface area contributed by atoms with E-state index in [0.717, 1.165) is 36.5 Å². The Kier molecular flexibility index (Phi) is 3.73. The zero-order valence-electron chi connectivity index (χ0n) is 12.1. The summed E-state index contributed by atoms with van der Waals surface area (Å²) < 4.78 is 1.85. The minimum Gasteiger partial charge on any atom is -0.399 e. The Morgan fingerprint density at radius 1 is 1.24 bits per heavy atom. The zero-order valence-corrected chi connectivity index (χ0v) is 12.1. The molecule has 0 bridgehead atoms. The molecule has 0 aliphatic rings. The van der Waals surface area contributed by atoms with Crippen molar-refractivity contribution >= 4 is 17.0 Å². The smallest absolute Gasteiger partial charge is 0.154 e. The van der Waals surface area contributed by atoms with Gasteiger partial charge >= 0.3 is 0 Å². The number of nitrogens with two attached hydrogens (primary N) is 1. The van der Waals surface area contributed by atoms with Gasteiger partial charge < -0.3 is 10.6 Å². The van der Waals surface area contributed by atoms with E-state index < -0.39 is 0 Å². The van der Waals surface area contributed by atoms with Crippen LogP contribution in [0, 0.1) is 0 Å². The second kappa shape index (κ2) is 5.83. The van der Waals surface area contributed by atoms with Gasteiger partial charge in [-0.2, -0.15) is 5.10 Å². The molecular formula is C16H19N5. The largest absolute Gasteiger partial charge is 0.399 e. The molecule has 0 unspecified atom stereocenters. The van der Waals surface area contributed by atoms with Gasteiger partial charge in [-0.3, -0.25) is 0 Å². The number of fused-ring (bicyclic) bond motifs is 1. The van der Waals surface area contributed by atoms with Gasteiger partial charge in [-0.25, -0.2) is 9.50 Å². The molecule has 2 heterocycles. The van der Waals surface area contributed by atoms with Crippen LogP contribution in [0.15, 0.2) is 48.9 Å². The van der Waals surface area contributed by atoms with Gasteiger partial charge in [-0.1, -0.05) is 19.1 Å². The first-order chi connectivity index (χ1) is 10.3. The van der Waals surface area contributed by atoms with E-state index in [9.17, 15) is 0 Å². The second-order valence-corrected chi connectivity index (χ2v) is 5.08. The number of nitrogen functional groups attached to an aromatic ring is 1. The van der Waals surface area contributed by atoms with E-state index in [0.29, 0.717) is 0 Å². The molecule has 1 aromatic carbocycles. The Morgan fingerprint density at radius 2 is 2.14 bits per heavy atom. The number of nitrogens with zero attached hydrogens (tertiary/aromatic N) is 4. The first-order valence-electron chi connectivity index (χ1n) is 7.15. The van der Waals surface area contributed by atoms with Crippen molar-refractivity contribution in [2.24, 2.45) is 0 Å². The Balaban J connectivity index is 1.96. The Labute approximate surface area is 124 Å². The number of hydrogen-bond donors (Lipinski definition) is 1. The van der Waals surface area contributed by atoms with Crippen LogP contribution < -0.4 is 10.6 Å². The van der Waals surface area contributed by atoms with Gasteiger partial charge in [0.05, 0.1) is 6.20 Å². The predicted molar refractivity (Wildman–Crippen MR) is 85.2 cm³/mol. The van der Waals surface area contributed by atoms with Gasteiger partial charge in [0.25, 0.3) is 0 Å². The third kappa shape index (κ3) is 2.81. The molecule has 0 aliphatic carbocycles. The van der Waals surface area contributed by atoms with Crippen LogP contribution in [0.1, 0.15) is 18.9 Å². The number of anilines is 2. The summed E-state index contributed by atoms with van der Waals surface area (Å²) in [4.78, 5) is 6.82. The molecule has 0 atom stereocenters. The molecule has 0 saturated carbocycles. The topological polar surface area (TPSA) is 59.5 Å². The standard InChI is InChI=1S/C16H19N5/c1-2-9-20(12-13-4-3-5-14(17)11-13)16-15-6-7-19-21(15)10-8-18-16/h3-8,10-11H,2,9,12,17H2,1H3. The summed E-state index contributed by atoms with van der Waals surface area (Å²) in [6.07, 6.45) is 6.51. The van der Waals surface area contributed by atoms with Crippen LogP contribution in [-0.4, -0.2) is 21.1 Å². The zero-order chi connectivity index (χ0) is 14.7. The molecule has 21 heavy (non-hydrogen) atoms. The van der Waals surface area contributed by atoms with Crippen LogP contribution >= 0.6 is 0 Å². The summed E-state index contributed by atoms with van der Waals surface area (Å²) >= 11 is 0. The van der Waals surface area contributed by atoms with Gasteiger partial charge in [0.2, 0.25) is 0 Å². The highest BCUT2D eigenvalue weighted by Gasteiger charge is 2.12. The molecule has 0 spiro atoms. The van der Waals surface area contributed by atoms with Crippen molar-refractivity contribution in [1.82, 2.24) is 14.6 Å². The van der Waals surface area contributed by atoms with E-state index in [1.54, 1.807) is 12.4 Å². The second-order valence-electron chi connectivity index (χ2n) is 5.08. The average Bonchev–Trinajstić information content (AvgIpc) is 2.95. The fourth-order valence-electron chi connectivity index (χ4n) is 2.53. The maximum atomic E-state index is 5.87. The average molecular weight is 281 g/mol. The first kappa shape index (κ1) is 13.4. The maximum absolute atomic E-state index is 5.87. The molecule has 3 rings (SSSR count). The summed E-state index contributed by atoms with van der Waals surface area (Å²) in [5.41, 5.74) is 8.87. The molecule has 5 nitrogen and oxygen atoms in total. The lowest BCUT2D eigenvalue weighted by Gasteiger charge is -2.24. The van der Waals surface area contributed by atoms with Crippen molar-refractivity contribution in [3.05, 3.63) is 54.5 Å². The summed E-state index contributed by atoms with van der Waals surface area (Å²) in [5.74, 6) is 0.958. The summed E-state index contributed by atoms with van der Waals surface area (Å²) in [6.45, 7) is 3.90. The number of aromatic nitrogens is 3. The fraction of sp³-hybridized carbons (Fsp3) is 0.250. The van der Waals surface area contributed by atoms with Crippen LogP contribution in [0.5, 0.6) is 0 Å². The van der Waals surface area contributed by atoms with Gasteiger partial charge in [-0.05, 0) is 30.2 Å². The molecule has 2 aromatic heterocycles. The van der Waals surface area contributed by atoms with Gasteiger partial charge in [0, 0.05) is 31.2 Å². The SMILES string of the molecule is CCCN(Cc1cccc(N)c1)c1nccn2nccc12. The van der Waals surface area contributed by atoms with Crippen molar-refractivity contribution in [3.8, 4) is 0 Å². The van der Waals surface area contributed by atoms with Crippen molar-refractivity contribution in [2.45, 2.75) is 19.9 Å². The lowest BCUT2D eigenvalue weighted by atomic mass is 10.2. The summed E-state index contributed by atoms with van der Waals surface area (Å²) in [6, 6.07) is 9.99. The van der Waals surface area contributed by atoms with Gasteiger partial charge in [-0.15, -0.1) is 0 Å². The van der Waals surface area contributed by atoms with E-state index in [1.807, 2.05) is 35.0 Å². The van der Waals surface area contributed by atoms with E-state index in [2.05, 4.69) is 28.0 Å². The lowest BCUT2D eigenvalue weighted by molar-refractivity contribution is 0.753. The molecule has 0 radical (unpaired) electrons. The van der Waals surface area contributed by atoms with Crippen LogP contribution in [0.3, 0.4) is 0 Å². The highest BCUT2D eigenvalue weighted by atomic mass is 15.3. The molecule has 108 valence electrons. The summed E-state index contributed by atoms with van der Waals surface area (Å²) in [7, 11) is 0. The molecular weight excluding hydrogens is 262 g/mol. The summed E-state index contributed by atoms with van der Waals surface area (Å²) in [5, 5.41) is 4.27. The fourth-order valence-corrected chi connectivity index (χ4v) is 2.53. The highest BCUT2D eigenvalue weighted by molar-refractivity contribution is 5.68. The number of benzene rings is 1. The first-order valence-corrected chi connectivity index (χ1v) is 7.15. The third-order valence-electron chi connectivity index (χ3n) is 3.42. The molecule has 0 aliphatic heterocycles. The van der Waals surface area contributed by atoms with Crippen LogP contribution in [0.2, 0.25) is 0 Å². The third-order valence-corrected chi connectivity index (χ3v) is 3.42. The van der Waals surface area contributed by atoms with E-state index >= 15 is 0 Å². The minimum absolute atomic E-state index is 0.788. The van der Waals surface area contributed by atoms with Crippen LogP contribution in [-0.2, 0) is 6.54 Å². The number of hydrogen-bond acceptors (Lipinski definition) is 4. The van der Waals surface area contributed by atoms with Crippen molar-refractivity contribution < 1.29 is 0 Å². The predicted octanol–water partition coefficient (Wildman–Crippen LogP) is 2.73. The lowest BCUT2D eigenvalue weighted by Crippen LogP contribution is -2.25. The Hall–Kier alpha value is -2.56. The normalized spacial score (nSPS) is 10.9. The van der Waals surface area contributed by atoms with E-state index in [1.165, 1.54) is 5.56 Å². The molecule has 0 amide bonds. The molecule has 2 N–H and O–H groups in total. The number of rotatable bonds is 5. The minimum atomic E-state index is 0.788. The monoisotopic (exact) mass is 281 g/mol. The van der Waals surface area contributed by atoms with Gasteiger partial charge in [0.15, 0.2) is 5.82 Å². The Bertz CT molecular complexity index is 734. The molecule has 0 saturated heterocycles. The van der Waals surface area contributed by atoms with Crippen molar-refractivity contribution in [1.29, 1.82) is 0 Å². The van der Waals surface area contributed by atoms with Crippen LogP contribution in [0.25, 0.3) is 5.52 Å². The molecule has 0 fully saturated rings. The quantitative estimate of drug-likeness (QED) is 0.731. The van der Waals surface area contributed by atoms with E-state index in [4.69, 9.17) is 5.73 Å². The van der Waals surface area contributed by atoms with Crippen molar-refractivity contribution in [3.63, 3.8) is 0 Å². The maximum Gasteiger partial charge on any atom is 0.154 e. The van der Waals surface area contributed by atoms with Gasteiger partial charge in [0.1, 0.15) is 5.52 Å². The van der Waals surface area contributed by atoms with E-state index in [-0.39, 0.29) is 0 Å². The molecule has 3 aromatic rings. The highest BCUT2D eigenvalue weighted by Crippen LogP contribution is 2.21. The Morgan fingerprint density at radius 3 is 2.95 bits per heavy atom.